The molecule has 2 aromatic heterocycles. The molecule has 0 bridgehead atoms. The van der Waals surface area contributed by atoms with Gasteiger partial charge in [-0.3, -0.25) is 5.32 Å². The maximum absolute atomic E-state index is 12.0. The molecule has 0 fully saturated rings. The number of hydrogen-bond donors (Lipinski definition) is 2. The van der Waals surface area contributed by atoms with Crippen LogP contribution in [0, 0.1) is 0 Å². The lowest BCUT2D eigenvalue weighted by Crippen LogP contribution is -2.29. The maximum Gasteiger partial charge on any atom is 0.321 e. The topological polar surface area (TPSA) is 84.7 Å². The summed E-state index contributed by atoms with van der Waals surface area (Å²) >= 11 is 1.40. The molecule has 0 aliphatic carbocycles. The van der Waals surface area contributed by atoms with Crippen molar-refractivity contribution in [3.05, 3.63) is 47.4 Å². The van der Waals surface area contributed by atoms with E-state index in [9.17, 15) is 4.79 Å². The Balaban J connectivity index is 1.35. The summed E-state index contributed by atoms with van der Waals surface area (Å²) in [6, 6.07) is 9.58. The molecule has 1 aliphatic rings. The van der Waals surface area contributed by atoms with Crippen LogP contribution in [0.2, 0.25) is 0 Å². The molecule has 1 aliphatic heterocycles. The van der Waals surface area contributed by atoms with E-state index in [0.717, 1.165) is 42.3 Å². The van der Waals surface area contributed by atoms with Crippen molar-refractivity contribution in [1.29, 1.82) is 0 Å². The summed E-state index contributed by atoms with van der Waals surface area (Å²) in [5.41, 5.74) is 1.88. The minimum absolute atomic E-state index is 0.292. The van der Waals surface area contributed by atoms with Crippen LogP contribution < -0.4 is 10.6 Å². The lowest BCUT2D eigenvalue weighted by atomic mass is 10.2. The molecule has 122 valence electrons. The van der Waals surface area contributed by atoms with E-state index in [0.29, 0.717) is 11.7 Å². The Kier molecular flexibility index (Phi) is 3.96. The highest BCUT2D eigenvalue weighted by molar-refractivity contribution is 7.14. The van der Waals surface area contributed by atoms with Gasteiger partial charge in [-0.25, -0.2) is 9.78 Å². The first-order valence-corrected chi connectivity index (χ1v) is 8.64. The standard InChI is InChI=1S/C16H16N6OS/c23-15(17-9-14-21-20-13-7-4-8-22(13)14)19-16-18-12(10-24-16)11-5-2-1-3-6-11/h1-3,5-6,10H,4,7-9H2,(H2,17,18,19,23). The number of fused-ring (bicyclic) bond motifs is 1. The molecule has 8 heteroatoms. The molecule has 0 saturated heterocycles. The van der Waals surface area contributed by atoms with Gasteiger partial charge in [0.25, 0.3) is 0 Å². The largest absolute Gasteiger partial charge is 0.331 e. The summed E-state index contributed by atoms with van der Waals surface area (Å²) < 4.78 is 2.07. The quantitative estimate of drug-likeness (QED) is 0.765. The first-order chi connectivity index (χ1) is 11.8. The van der Waals surface area contributed by atoms with Gasteiger partial charge in [0.15, 0.2) is 11.0 Å². The second-order valence-corrected chi connectivity index (χ2v) is 6.36. The lowest BCUT2D eigenvalue weighted by molar-refractivity contribution is 0.251. The summed E-state index contributed by atoms with van der Waals surface area (Å²) in [6.45, 7) is 1.28. The van der Waals surface area contributed by atoms with Crippen LogP contribution in [-0.2, 0) is 19.5 Å². The van der Waals surface area contributed by atoms with Gasteiger partial charge in [0, 0.05) is 23.9 Å². The molecule has 0 saturated carbocycles. The Labute approximate surface area is 142 Å². The van der Waals surface area contributed by atoms with Gasteiger partial charge < -0.3 is 9.88 Å². The normalized spacial score (nSPS) is 12.8. The highest BCUT2D eigenvalue weighted by Gasteiger charge is 2.17. The Hall–Kier alpha value is -2.74. The van der Waals surface area contributed by atoms with Crippen molar-refractivity contribution in [3.8, 4) is 11.3 Å². The zero-order valence-electron chi connectivity index (χ0n) is 12.9. The van der Waals surface area contributed by atoms with Crippen LogP contribution in [0.5, 0.6) is 0 Å². The van der Waals surface area contributed by atoms with Gasteiger partial charge >= 0.3 is 6.03 Å². The number of nitrogens with zero attached hydrogens (tertiary/aromatic N) is 4. The number of aryl methyl sites for hydroxylation is 1. The number of rotatable bonds is 4. The zero-order valence-corrected chi connectivity index (χ0v) is 13.7. The number of anilines is 1. The number of hydrogen-bond acceptors (Lipinski definition) is 5. The highest BCUT2D eigenvalue weighted by Crippen LogP contribution is 2.24. The van der Waals surface area contributed by atoms with Crippen LogP contribution in [0.3, 0.4) is 0 Å². The molecular weight excluding hydrogens is 324 g/mol. The molecule has 3 heterocycles. The summed E-state index contributed by atoms with van der Waals surface area (Å²) in [7, 11) is 0. The van der Waals surface area contributed by atoms with Crippen molar-refractivity contribution in [2.75, 3.05) is 5.32 Å². The van der Waals surface area contributed by atoms with Crippen LogP contribution in [0.4, 0.5) is 9.93 Å². The van der Waals surface area contributed by atoms with Crippen molar-refractivity contribution in [2.45, 2.75) is 25.9 Å². The number of nitrogens with one attached hydrogen (secondary N) is 2. The molecule has 0 radical (unpaired) electrons. The summed E-state index contributed by atoms with van der Waals surface area (Å²) in [4.78, 5) is 16.5. The molecule has 2 N–H and O–H groups in total. The summed E-state index contributed by atoms with van der Waals surface area (Å²) in [6.07, 6.45) is 2.05. The number of aromatic nitrogens is 4. The van der Waals surface area contributed by atoms with Crippen molar-refractivity contribution in [1.82, 2.24) is 25.1 Å². The van der Waals surface area contributed by atoms with E-state index >= 15 is 0 Å². The van der Waals surface area contributed by atoms with Crippen molar-refractivity contribution in [3.63, 3.8) is 0 Å². The van der Waals surface area contributed by atoms with Crippen molar-refractivity contribution >= 4 is 22.5 Å². The Morgan fingerprint density at radius 3 is 3.00 bits per heavy atom. The zero-order chi connectivity index (χ0) is 16.4. The van der Waals surface area contributed by atoms with Crippen LogP contribution in [0.1, 0.15) is 18.1 Å². The van der Waals surface area contributed by atoms with Crippen LogP contribution in [-0.4, -0.2) is 25.8 Å². The van der Waals surface area contributed by atoms with E-state index in [-0.39, 0.29) is 6.03 Å². The Morgan fingerprint density at radius 2 is 2.12 bits per heavy atom. The fourth-order valence-electron chi connectivity index (χ4n) is 2.71. The molecular formula is C16H16N6OS. The first-order valence-electron chi connectivity index (χ1n) is 7.76. The van der Waals surface area contributed by atoms with E-state index in [4.69, 9.17) is 0 Å². The van der Waals surface area contributed by atoms with Gasteiger partial charge in [-0.15, -0.1) is 21.5 Å². The van der Waals surface area contributed by atoms with Gasteiger partial charge in [0.05, 0.1) is 12.2 Å². The van der Waals surface area contributed by atoms with Crippen molar-refractivity contribution in [2.24, 2.45) is 0 Å². The first kappa shape index (κ1) is 14.8. The minimum Gasteiger partial charge on any atom is -0.331 e. The van der Waals surface area contributed by atoms with Gasteiger partial charge in [-0.2, -0.15) is 0 Å². The minimum atomic E-state index is -0.292. The second-order valence-electron chi connectivity index (χ2n) is 5.50. The van der Waals surface area contributed by atoms with E-state index in [1.807, 2.05) is 35.7 Å². The molecule has 0 unspecified atom stereocenters. The molecule has 3 aromatic rings. The smallest absolute Gasteiger partial charge is 0.321 e. The third-order valence-electron chi connectivity index (χ3n) is 3.89. The average Bonchev–Trinajstić information content (AvgIpc) is 3.31. The number of urea groups is 1. The SMILES string of the molecule is O=C(NCc1nnc2n1CCC2)Nc1nc(-c2ccccc2)cs1. The van der Waals surface area contributed by atoms with Gasteiger partial charge in [0.2, 0.25) is 0 Å². The predicted octanol–water partition coefficient (Wildman–Crippen LogP) is 2.67. The Morgan fingerprint density at radius 1 is 1.25 bits per heavy atom. The van der Waals surface area contributed by atoms with E-state index in [1.54, 1.807) is 0 Å². The number of benzene rings is 1. The van der Waals surface area contributed by atoms with Crippen LogP contribution in [0.25, 0.3) is 11.3 Å². The predicted molar refractivity (Wildman–Crippen MR) is 91.8 cm³/mol. The van der Waals surface area contributed by atoms with E-state index < -0.39 is 0 Å². The fraction of sp³-hybridized carbons (Fsp3) is 0.250. The Bertz CT molecular complexity index is 857. The number of carbonyl (C=O) groups is 1. The monoisotopic (exact) mass is 340 g/mol. The molecule has 2 amide bonds. The average molecular weight is 340 g/mol. The lowest BCUT2D eigenvalue weighted by Gasteiger charge is -2.05. The van der Waals surface area contributed by atoms with Crippen LogP contribution >= 0.6 is 11.3 Å². The summed E-state index contributed by atoms with van der Waals surface area (Å²) in [5, 5.41) is 16.3. The second kappa shape index (κ2) is 6.40. The number of carbonyl (C=O) groups excluding carboxylic acids is 1. The molecule has 0 spiro atoms. The number of amides is 2. The maximum atomic E-state index is 12.0. The molecule has 24 heavy (non-hydrogen) atoms. The molecule has 7 nitrogen and oxygen atoms in total. The fourth-order valence-corrected chi connectivity index (χ4v) is 3.43. The summed E-state index contributed by atoms with van der Waals surface area (Å²) in [5.74, 6) is 1.79. The van der Waals surface area contributed by atoms with Gasteiger partial charge in [0.1, 0.15) is 5.82 Å². The molecule has 0 atom stereocenters. The van der Waals surface area contributed by atoms with Gasteiger partial charge in [-0.1, -0.05) is 30.3 Å². The van der Waals surface area contributed by atoms with Crippen LogP contribution in [0.15, 0.2) is 35.7 Å². The van der Waals surface area contributed by atoms with E-state index in [2.05, 4.69) is 30.4 Å². The van der Waals surface area contributed by atoms with Crippen molar-refractivity contribution < 1.29 is 4.79 Å². The van der Waals surface area contributed by atoms with E-state index in [1.165, 1.54) is 11.3 Å². The third kappa shape index (κ3) is 3.00. The highest BCUT2D eigenvalue weighted by atomic mass is 32.1. The van der Waals surface area contributed by atoms with Gasteiger partial charge in [-0.05, 0) is 6.42 Å². The molecule has 1 aromatic carbocycles. The third-order valence-corrected chi connectivity index (χ3v) is 4.65. The number of thiazole rings is 1. The molecule has 4 rings (SSSR count).